The molecule has 278 valence electrons. The van der Waals surface area contributed by atoms with Gasteiger partial charge in [-0.3, -0.25) is 4.55 Å². The van der Waals surface area contributed by atoms with Crippen molar-refractivity contribution in [3.8, 4) is 17.2 Å². The number of anilines is 4. The molecule has 0 bridgehead atoms. The molecular weight excluding hydrogens is 793 g/mol. The van der Waals surface area contributed by atoms with Crippen LogP contribution < -0.4 is 10.6 Å². The van der Waals surface area contributed by atoms with Crippen molar-refractivity contribution in [3.63, 3.8) is 0 Å². The van der Waals surface area contributed by atoms with Crippen LogP contribution in [0.4, 0.5) is 34.6 Å². The number of para-hydroxylation sites is 1. The summed E-state index contributed by atoms with van der Waals surface area (Å²) in [7, 11) is -4.68. The first-order valence-electron chi connectivity index (χ1n) is 15.1. The summed E-state index contributed by atoms with van der Waals surface area (Å²) in [4.78, 5) is 28.1. The number of aromatic carboxylic acids is 1. The number of hydrogen-bond donors (Lipinski definition) is 5. The number of halogens is 1. The Labute approximate surface area is 321 Å². The minimum absolute atomic E-state index is 0. The van der Waals surface area contributed by atoms with Crippen LogP contribution in [0.2, 0.25) is 5.28 Å². The number of hydrogen-bond acceptors (Lipinski definition) is 14. The fourth-order valence-corrected chi connectivity index (χ4v) is 5.34. The van der Waals surface area contributed by atoms with Crippen LogP contribution in [-0.2, 0) is 27.2 Å². The molecule has 0 saturated heterocycles. The molecule has 0 unspecified atom stereocenters. The van der Waals surface area contributed by atoms with E-state index in [4.69, 9.17) is 16.1 Å². The van der Waals surface area contributed by atoms with Crippen LogP contribution in [0.3, 0.4) is 0 Å². The first-order chi connectivity index (χ1) is 25.3. The normalized spacial score (nSPS) is 11.6. The van der Waals surface area contributed by atoms with Crippen molar-refractivity contribution in [1.29, 1.82) is 0 Å². The molecule has 0 atom stereocenters. The third kappa shape index (κ3) is 9.37. The number of amidine groups is 1. The summed E-state index contributed by atoms with van der Waals surface area (Å²) < 4.78 is 38.2. The number of phenolic OH excluding ortho intramolecular Hbond substituents is 1. The molecule has 0 spiro atoms. The van der Waals surface area contributed by atoms with Gasteiger partial charge in [0.15, 0.2) is 17.4 Å². The average Bonchev–Trinajstić information content (AvgIpc) is 3.55. The van der Waals surface area contributed by atoms with Gasteiger partial charge in [0.1, 0.15) is 5.69 Å². The van der Waals surface area contributed by atoms with Gasteiger partial charge in [0.05, 0.1) is 21.8 Å². The number of carboxylic acid groups (broad SMARTS) is 1. The van der Waals surface area contributed by atoms with Gasteiger partial charge in [0, 0.05) is 11.1 Å². The number of rotatable bonds is 11. The van der Waals surface area contributed by atoms with Crippen LogP contribution >= 0.6 is 11.6 Å². The second kappa shape index (κ2) is 16.6. The molecule has 0 aliphatic heterocycles. The van der Waals surface area contributed by atoms with Crippen molar-refractivity contribution in [1.82, 2.24) is 25.1 Å². The maximum absolute atomic E-state index is 11.8. The molecule has 4 aromatic carbocycles. The van der Waals surface area contributed by atoms with E-state index in [0.29, 0.717) is 28.2 Å². The number of phenols is 1. The Morgan fingerprint density at radius 2 is 1.57 bits per heavy atom. The number of benzene rings is 4. The van der Waals surface area contributed by atoms with Gasteiger partial charge in [-0.05, 0) is 67.4 Å². The van der Waals surface area contributed by atoms with Crippen LogP contribution in [-0.4, -0.2) is 60.1 Å². The van der Waals surface area contributed by atoms with E-state index < -0.39 is 21.0 Å². The van der Waals surface area contributed by atoms with Crippen molar-refractivity contribution >= 4 is 68.2 Å². The van der Waals surface area contributed by atoms with Crippen molar-refractivity contribution in [2.24, 2.45) is 15.3 Å². The summed E-state index contributed by atoms with van der Waals surface area (Å²) in [6, 6.07) is 21.3. The molecule has 2 heterocycles. The SMILES string of the molecule is Cc1cc(N=N/C(=N\[N-]c2cc(S(=O)(=O)O)ccc2C(=O)O)c2ccccc2)c(O)c(Nc2nc(Cl)nc(Nc3ccccc3-c3nc(C)no3)n2)c1.[Cu+]. The van der Waals surface area contributed by atoms with E-state index in [-0.39, 0.29) is 74.4 Å². The third-order valence-corrected chi connectivity index (χ3v) is 8.07. The molecule has 0 radical (unpaired) electrons. The minimum atomic E-state index is -4.68. The molecule has 0 amide bonds. The smallest absolute Gasteiger partial charge is 0.573 e. The summed E-state index contributed by atoms with van der Waals surface area (Å²) in [5, 5.41) is 42.9. The second-order valence-electron chi connectivity index (χ2n) is 10.9. The molecule has 0 saturated carbocycles. The monoisotopic (exact) mass is 817 g/mol. The van der Waals surface area contributed by atoms with Crippen molar-refractivity contribution in [3.05, 3.63) is 118 Å². The number of nitrogens with one attached hydrogen (secondary N) is 2. The number of aryl methyl sites for hydroxylation is 2. The van der Waals surface area contributed by atoms with Gasteiger partial charge in [-0.2, -0.15) is 28.4 Å². The van der Waals surface area contributed by atoms with E-state index in [9.17, 15) is 28.0 Å². The summed E-state index contributed by atoms with van der Waals surface area (Å²) in [6.45, 7) is 3.44. The van der Waals surface area contributed by atoms with Gasteiger partial charge >= 0.3 is 23.0 Å². The number of nitrogens with zero attached hydrogens (tertiary/aromatic N) is 9. The van der Waals surface area contributed by atoms with E-state index in [0.717, 1.165) is 18.2 Å². The fourth-order valence-electron chi connectivity index (χ4n) is 4.68. The van der Waals surface area contributed by atoms with Crippen LogP contribution in [0, 0.1) is 13.8 Å². The molecule has 0 aliphatic carbocycles. The zero-order valence-electron chi connectivity index (χ0n) is 27.7. The molecule has 6 aromatic rings. The van der Waals surface area contributed by atoms with Crippen LogP contribution in [0.1, 0.15) is 27.3 Å². The van der Waals surface area contributed by atoms with Gasteiger partial charge in [-0.1, -0.05) is 53.7 Å². The van der Waals surface area contributed by atoms with Gasteiger partial charge in [-0.15, -0.1) is 15.9 Å². The number of carboxylic acids is 1. The summed E-state index contributed by atoms with van der Waals surface area (Å²) in [6.07, 6.45) is 0. The third-order valence-electron chi connectivity index (χ3n) is 7.05. The zero-order valence-corrected chi connectivity index (χ0v) is 30.2. The molecule has 21 heteroatoms. The second-order valence-corrected chi connectivity index (χ2v) is 12.7. The van der Waals surface area contributed by atoms with Crippen molar-refractivity contribution in [2.45, 2.75) is 18.7 Å². The Balaban J connectivity index is 0.00000561. The average molecular weight is 819 g/mol. The summed E-state index contributed by atoms with van der Waals surface area (Å²) >= 11 is 6.24. The van der Waals surface area contributed by atoms with E-state index in [1.165, 1.54) is 6.07 Å². The zero-order chi connectivity index (χ0) is 37.7. The molecule has 0 aliphatic rings. The van der Waals surface area contributed by atoms with Gasteiger partial charge < -0.3 is 35.9 Å². The molecule has 18 nitrogen and oxygen atoms in total. The predicted molar refractivity (Wildman–Crippen MR) is 192 cm³/mol. The maximum atomic E-state index is 11.8. The number of carbonyl (C=O) groups is 1. The van der Waals surface area contributed by atoms with Gasteiger partial charge in [0.25, 0.3) is 16.0 Å². The van der Waals surface area contributed by atoms with Gasteiger partial charge in [0.2, 0.25) is 17.2 Å². The number of azo groups is 1. The minimum Gasteiger partial charge on any atom is -0.573 e. The maximum Gasteiger partial charge on any atom is 1.00 e. The molecule has 0 fully saturated rings. The van der Waals surface area contributed by atoms with Gasteiger partial charge in [-0.25, -0.2) is 4.79 Å². The first kappa shape index (κ1) is 38.9. The van der Waals surface area contributed by atoms with E-state index in [2.05, 4.69) is 56.5 Å². The van der Waals surface area contributed by atoms with Crippen molar-refractivity contribution < 1.29 is 49.6 Å². The summed E-state index contributed by atoms with van der Waals surface area (Å²) in [5.74, 6) is -1.15. The van der Waals surface area contributed by atoms with E-state index in [1.807, 2.05) is 0 Å². The quantitative estimate of drug-likeness (QED) is 0.0161. The van der Waals surface area contributed by atoms with Crippen molar-refractivity contribution in [2.75, 3.05) is 10.6 Å². The van der Waals surface area contributed by atoms with Crippen LogP contribution in [0.15, 0.2) is 110 Å². The number of aromatic nitrogens is 5. The standard InChI is InChI=1S/C33H26ClN11O7S.Cu/c1-17-14-25(37-33-39-31(34)38-32(40-33)36-23-11-7-6-10-21(23)29-35-18(2)45-52-29)27(46)26(15-17)42-44-28(19-8-4-3-5-9-19)43-41-24-16-20(53(49,50)51)12-13-22(24)30(47)48;/h3-16H,1-2H3,(H6,35,36,37,38,39,40,41,42,43,44,45,46,47,48,49,50,51);/q;+1/p-1. The van der Waals surface area contributed by atoms with E-state index >= 15 is 0 Å². The molecule has 2 aromatic heterocycles. The number of aromatic hydroxyl groups is 1. The Morgan fingerprint density at radius 3 is 2.24 bits per heavy atom. The first-order valence-corrected chi connectivity index (χ1v) is 17.0. The predicted octanol–water partition coefficient (Wildman–Crippen LogP) is 7.48. The topological polar surface area (TPSA) is 265 Å². The molecule has 54 heavy (non-hydrogen) atoms. The van der Waals surface area contributed by atoms with Crippen LogP contribution in [0.25, 0.3) is 16.9 Å². The molecule has 5 N–H and O–H groups in total. The fraction of sp³-hybridized carbons (Fsp3) is 0.0606. The largest absolute Gasteiger partial charge is 1.00 e. The molecular formula is C33H25ClCuN11O7S. The Kier molecular flexibility index (Phi) is 11.9. The van der Waals surface area contributed by atoms with Crippen LogP contribution in [0.5, 0.6) is 5.75 Å². The Hall–Kier alpha value is -6.31. The Morgan fingerprint density at radius 1 is 0.889 bits per heavy atom. The summed E-state index contributed by atoms with van der Waals surface area (Å²) in [5.41, 5.74) is 5.43. The molecule has 6 rings (SSSR count). The Bertz CT molecular complexity index is 2520. The van der Waals surface area contributed by atoms with E-state index in [1.54, 1.807) is 74.5 Å².